The van der Waals surface area contributed by atoms with Crippen molar-refractivity contribution in [2.75, 3.05) is 0 Å². The molecule has 0 saturated carbocycles. The van der Waals surface area contributed by atoms with Gasteiger partial charge in [0.2, 0.25) is 5.24 Å². The fraction of sp³-hybridized carbons (Fsp3) is 0.125. The summed E-state index contributed by atoms with van der Waals surface area (Å²) in [6, 6.07) is 7.76. The van der Waals surface area contributed by atoms with Gasteiger partial charge < -0.3 is 0 Å². The molecule has 0 N–H and O–H groups in total. The van der Waals surface area contributed by atoms with E-state index in [1.54, 1.807) is 0 Å². The molecule has 0 bridgehead atoms. The quantitative estimate of drug-likeness (QED) is 0.455. The first-order valence-corrected chi connectivity index (χ1v) is 3.80. The van der Waals surface area contributed by atoms with Crippen LogP contribution >= 0.6 is 11.6 Å². The van der Waals surface area contributed by atoms with Crippen molar-refractivity contribution in [3.05, 3.63) is 29.8 Å². The second-order valence-corrected chi connectivity index (χ2v) is 2.94. The van der Waals surface area contributed by atoms with Crippen molar-refractivity contribution in [3.8, 4) is 0 Å². The molecule has 0 aliphatic carbocycles. The number of hydrogen-bond donors (Lipinski definition) is 0. The fourth-order valence-electron chi connectivity index (χ4n) is 0.983. The summed E-state index contributed by atoms with van der Waals surface area (Å²) in [7, 11) is 1.99. The predicted octanol–water partition coefficient (Wildman–Crippen LogP) is 0.253. The van der Waals surface area contributed by atoms with Crippen LogP contribution in [0.3, 0.4) is 0 Å². The van der Waals surface area contributed by atoms with Gasteiger partial charge in [-0.3, -0.25) is 4.79 Å². The molecule has 1 nitrogen and oxygen atoms in total. The lowest BCUT2D eigenvalue weighted by atomic mass is 9.94. The first-order valence-electron chi connectivity index (χ1n) is 3.42. The molecule has 0 atom stereocenters. The summed E-state index contributed by atoms with van der Waals surface area (Å²) in [6.45, 7) is 0. The normalized spacial score (nSPS) is 9.55. The van der Waals surface area contributed by atoms with Crippen LogP contribution in [-0.2, 0) is 11.2 Å². The Morgan fingerprint density at radius 3 is 2.82 bits per heavy atom. The lowest BCUT2D eigenvalue weighted by Gasteiger charge is -1.96. The zero-order valence-electron chi connectivity index (χ0n) is 6.30. The lowest BCUT2D eigenvalue weighted by Crippen LogP contribution is -2.03. The molecule has 56 valence electrons. The second-order valence-electron chi connectivity index (χ2n) is 2.52. The Hall–Kier alpha value is -0.755. The zero-order valence-corrected chi connectivity index (χ0v) is 7.06. The molecule has 0 fully saturated rings. The molecule has 0 radical (unpaired) electrons. The summed E-state index contributed by atoms with van der Waals surface area (Å²) in [4.78, 5) is 10.5. The van der Waals surface area contributed by atoms with E-state index < -0.39 is 0 Å². The van der Waals surface area contributed by atoms with Crippen molar-refractivity contribution in [2.24, 2.45) is 0 Å². The first kappa shape index (κ1) is 8.34. The smallest absolute Gasteiger partial charge is 0.226 e. The monoisotopic (exact) mass is 166 g/mol. The molecular weight excluding hydrogens is 158 g/mol. The van der Waals surface area contributed by atoms with E-state index in [4.69, 9.17) is 11.6 Å². The molecule has 0 spiro atoms. The molecule has 0 aliphatic rings. The minimum absolute atomic E-state index is 0.310. The summed E-state index contributed by atoms with van der Waals surface area (Å²) >= 11 is 5.23. The summed E-state index contributed by atoms with van der Waals surface area (Å²) in [6.07, 6.45) is 0.323. The van der Waals surface area contributed by atoms with Crippen molar-refractivity contribution in [2.45, 2.75) is 6.42 Å². The second kappa shape index (κ2) is 3.58. The molecule has 0 aliphatic heterocycles. The zero-order chi connectivity index (χ0) is 8.27. The van der Waals surface area contributed by atoms with Gasteiger partial charge in [0.15, 0.2) is 0 Å². The van der Waals surface area contributed by atoms with E-state index in [0.29, 0.717) is 6.42 Å². The predicted molar refractivity (Wildman–Crippen MR) is 49.2 cm³/mol. The van der Waals surface area contributed by atoms with Crippen molar-refractivity contribution in [3.63, 3.8) is 0 Å². The summed E-state index contributed by atoms with van der Waals surface area (Å²) < 4.78 is 0. The maximum Gasteiger partial charge on any atom is 0.226 e. The van der Waals surface area contributed by atoms with Gasteiger partial charge in [-0.05, 0) is 17.2 Å². The van der Waals surface area contributed by atoms with Crippen molar-refractivity contribution >= 4 is 30.2 Å². The van der Waals surface area contributed by atoms with Crippen molar-refractivity contribution in [1.82, 2.24) is 0 Å². The van der Waals surface area contributed by atoms with E-state index in [-0.39, 0.29) is 5.24 Å². The van der Waals surface area contributed by atoms with Crippen LogP contribution in [-0.4, -0.2) is 13.1 Å². The van der Waals surface area contributed by atoms with Gasteiger partial charge in [0.1, 0.15) is 7.85 Å². The van der Waals surface area contributed by atoms with Crippen LogP contribution in [0.2, 0.25) is 0 Å². The topological polar surface area (TPSA) is 17.1 Å². The SMILES string of the molecule is Bc1cccc(CC(=O)Cl)c1. The molecule has 1 aromatic carbocycles. The third kappa shape index (κ3) is 2.77. The summed E-state index contributed by atoms with van der Waals surface area (Å²) in [5.41, 5.74) is 2.13. The Bertz CT molecular complexity index is 273. The van der Waals surface area contributed by atoms with E-state index >= 15 is 0 Å². The molecule has 3 heteroatoms. The minimum Gasteiger partial charge on any atom is -0.281 e. The summed E-state index contributed by atoms with van der Waals surface area (Å²) in [5.74, 6) is 0. The Balaban J connectivity index is 2.79. The lowest BCUT2D eigenvalue weighted by molar-refractivity contribution is -0.111. The number of rotatable bonds is 2. The van der Waals surface area contributed by atoms with Crippen molar-refractivity contribution < 1.29 is 4.79 Å². The molecular formula is C8H8BClO. The van der Waals surface area contributed by atoms with E-state index in [2.05, 4.69) is 0 Å². The van der Waals surface area contributed by atoms with Gasteiger partial charge in [-0.2, -0.15) is 0 Å². The van der Waals surface area contributed by atoms with Gasteiger partial charge >= 0.3 is 0 Å². The highest BCUT2D eigenvalue weighted by molar-refractivity contribution is 6.63. The van der Waals surface area contributed by atoms with Crippen LogP contribution in [0.5, 0.6) is 0 Å². The highest BCUT2D eigenvalue weighted by atomic mass is 35.5. The molecule has 1 aromatic rings. The van der Waals surface area contributed by atoms with E-state index in [1.807, 2.05) is 32.1 Å². The van der Waals surface area contributed by atoms with E-state index in [1.165, 1.54) is 0 Å². The van der Waals surface area contributed by atoms with Gasteiger partial charge in [-0.25, -0.2) is 0 Å². The number of halogens is 1. The highest BCUT2D eigenvalue weighted by Gasteiger charge is 1.97. The Labute approximate surface area is 71.8 Å². The average Bonchev–Trinajstić information content (AvgIpc) is 1.85. The molecule has 1 rings (SSSR count). The van der Waals surface area contributed by atoms with Crippen LogP contribution in [0, 0.1) is 0 Å². The van der Waals surface area contributed by atoms with Gasteiger partial charge in [0.25, 0.3) is 0 Å². The number of carbonyl (C=O) groups is 1. The fourth-order valence-corrected chi connectivity index (χ4v) is 1.14. The third-order valence-corrected chi connectivity index (χ3v) is 1.56. The molecule has 11 heavy (non-hydrogen) atoms. The van der Waals surface area contributed by atoms with Crippen LogP contribution in [0.1, 0.15) is 5.56 Å². The Morgan fingerprint density at radius 2 is 2.27 bits per heavy atom. The number of carbonyl (C=O) groups excluding carboxylic acids is 1. The standard InChI is InChI=1S/C8H8BClO/c9-7-3-1-2-6(4-7)5-8(10)11/h1-4H,5,9H2. The van der Waals surface area contributed by atoms with Crippen LogP contribution < -0.4 is 5.46 Å². The van der Waals surface area contributed by atoms with Gasteiger partial charge in [0, 0.05) is 6.42 Å². The number of hydrogen-bond acceptors (Lipinski definition) is 1. The number of benzene rings is 1. The molecule has 0 amide bonds. The Morgan fingerprint density at radius 1 is 1.55 bits per heavy atom. The van der Waals surface area contributed by atoms with E-state index in [9.17, 15) is 4.79 Å². The van der Waals surface area contributed by atoms with Gasteiger partial charge in [-0.1, -0.05) is 29.7 Å². The molecule has 0 saturated heterocycles. The molecule has 0 heterocycles. The molecule has 0 unspecified atom stereocenters. The van der Waals surface area contributed by atoms with Crippen LogP contribution in [0.4, 0.5) is 0 Å². The molecule has 0 aromatic heterocycles. The minimum atomic E-state index is -0.310. The van der Waals surface area contributed by atoms with Crippen molar-refractivity contribution in [1.29, 1.82) is 0 Å². The van der Waals surface area contributed by atoms with Gasteiger partial charge in [-0.15, -0.1) is 0 Å². The maximum absolute atomic E-state index is 10.5. The van der Waals surface area contributed by atoms with Gasteiger partial charge in [0.05, 0.1) is 0 Å². The average molecular weight is 166 g/mol. The van der Waals surface area contributed by atoms with Crippen LogP contribution in [0.15, 0.2) is 24.3 Å². The first-order chi connectivity index (χ1) is 5.18. The maximum atomic E-state index is 10.5. The largest absolute Gasteiger partial charge is 0.281 e. The highest BCUT2D eigenvalue weighted by Crippen LogP contribution is 1.99. The van der Waals surface area contributed by atoms with Crippen LogP contribution in [0.25, 0.3) is 0 Å². The Kier molecular flexibility index (Phi) is 2.72. The third-order valence-electron chi connectivity index (χ3n) is 1.43. The van der Waals surface area contributed by atoms with E-state index in [0.717, 1.165) is 11.0 Å². The summed E-state index contributed by atoms with van der Waals surface area (Å²) in [5, 5.41) is -0.310.